The lowest BCUT2D eigenvalue weighted by Gasteiger charge is -2.34. The number of hydrogen-bond donors (Lipinski definition) is 1. The van der Waals surface area contributed by atoms with Crippen LogP contribution >= 0.6 is 15.9 Å². The highest BCUT2D eigenvalue weighted by molar-refractivity contribution is 9.10. The van der Waals surface area contributed by atoms with E-state index in [1.54, 1.807) is 16.6 Å². The summed E-state index contributed by atoms with van der Waals surface area (Å²) in [4.78, 5) is 15.2. The maximum absolute atomic E-state index is 12.9. The Hall–Kier alpha value is -3.53. The predicted molar refractivity (Wildman–Crippen MR) is 143 cm³/mol. The molecule has 1 aliphatic heterocycles. The van der Waals surface area contributed by atoms with Crippen molar-refractivity contribution in [2.45, 2.75) is 38.6 Å². The first-order valence-corrected chi connectivity index (χ1v) is 13.1. The molecule has 1 aliphatic rings. The molecule has 0 atom stereocenters. The number of ether oxygens (including phenoxy) is 1. The Labute approximate surface area is 226 Å². The third-order valence-electron chi connectivity index (χ3n) is 6.83. The van der Waals surface area contributed by atoms with Crippen LogP contribution in [0.1, 0.15) is 45.9 Å². The second kappa shape index (κ2) is 10.7. The Bertz CT molecular complexity index is 1430. The van der Waals surface area contributed by atoms with Crippen LogP contribution in [0, 0.1) is 6.92 Å². The number of pyridine rings is 1. The minimum atomic E-state index is -4.68. The van der Waals surface area contributed by atoms with Crippen molar-refractivity contribution in [2.75, 3.05) is 18.0 Å². The molecule has 3 heterocycles. The molecule has 0 saturated carbocycles. The maximum atomic E-state index is 12.9. The number of alkyl halides is 3. The fraction of sp³-hybridized carbons (Fsp3) is 0.286. The van der Waals surface area contributed by atoms with Crippen LogP contribution in [0.4, 0.5) is 18.9 Å². The van der Waals surface area contributed by atoms with E-state index >= 15 is 0 Å². The summed E-state index contributed by atoms with van der Waals surface area (Å²) < 4.78 is 43.7. The number of piperidine rings is 1. The molecule has 0 spiro atoms. The molecular formula is C28H26BrF3N4O2. The second-order valence-electron chi connectivity index (χ2n) is 9.36. The minimum Gasteiger partial charge on any atom is -0.406 e. The van der Waals surface area contributed by atoms with Crippen molar-refractivity contribution in [2.24, 2.45) is 0 Å². The fourth-order valence-corrected chi connectivity index (χ4v) is 5.26. The summed E-state index contributed by atoms with van der Waals surface area (Å²) >= 11 is 3.45. The van der Waals surface area contributed by atoms with E-state index in [0.29, 0.717) is 23.7 Å². The zero-order valence-electron chi connectivity index (χ0n) is 20.6. The summed E-state index contributed by atoms with van der Waals surface area (Å²) in [5.74, 6) is -0.0683. The largest absolute Gasteiger partial charge is 0.573 e. The molecule has 38 heavy (non-hydrogen) atoms. The summed E-state index contributed by atoms with van der Waals surface area (Å²) in [5.41, 5.74) is 5.11. The quantitative estimate of drug-likeness (QED) is 0.276. The molecule has 5 rings (SSSR count). The van der Waals surface area contributed by atoms with Crippen LogP contribution in [0.15, 0.2) is 71.3 Å². The number of benzene rings is 2. The number of carbonyl (C=O) groups excluding carboxylic acids is 1. The molecule has 1 N–H and O–H groups in total. The van der Waals surface area contributed by atoms with Gasteiger partial charge in [0, 0.05) is 36.0 Å². The highest BCUT2D eigenvalue weighted by Crippen LogP contribution is 2.32. The van der Waals surface area contributed by atoms with Gasteiger partial charge < -0.3 is 15.0 Å². The Kier molecular flexibility index (Phi) is 7.34. The summed E-state index contributed by atoms with van der Waals surface area (Å²) in [7, 11) is 0. The van der Waals surface area contributed by atoms with Gasteiger partial charge in [-0.1, -0.05) is 40.2 Å². The van der Waals surface area contributed by atoms with Crippen LogP contribution in [-0.4, -0.2) is 35.0 Å². The fourth-order valence-electron chi connectivity index (χ4n) is 4.93. The van der Waals surface area contributed by atoms with Gasteiger partial charge in [-0.05, 0) is 73.2 Å². The average molecular weight is 587 g/mol. The molecule has 0 radical (unpaired) electrons. The zero-order chi connectivity index (χ0) is 26.9. The molecule has 2 aromatic carbocycles. The van der Waals surface area contributed by atoms with E-state index in [-0.39, 0.29) is 11.7 Å². The van der Waals surface area contributed by atoms with Crippen molar-refractivity contribution in [3.63, 3.8) is 0 Å². The lowest BCUT2D eigenvalue weighted by atomic mass is 9.89. The summed E-state index contributed by atoms with van der Waals surface area (Å²) in [5, 5.41) is 7.42. The normalized spacial score (nSPS) is 14.6. The average Bonchev–Trinajstić information content (AvgIpc) is 3.22. The topological polar surface area (TPSA) is 58.9 Å². The molecule has 198 valence electrons. The van der Waals surface area contributed by atoms with Crippen LogP contribution in [0.2, 0.25) is 0 Å². The molecule has 1 fully saturated rings. The van der Waals surface area contributed by atoms with Gasteiger partial charge in [0.2, 0.25) is 0 Å². The van der Waals surface area contributed by atoms with Crippen LogP contribution in [0.5, 0.6) is 5.75 Å². The number of amides is 1. The van der Waals surface area contributed by atoms with Crippen LogP contribution < -0.4 is 15.0 Å². The number of nitrogens with zero attached hydrogens (tertiary/aromatic N) is 3. The number of hydrogen-bond acceptors (Lipinski definition) is 4. The standard InChI is InChI=1S/C28H26BrF3N4O2/c1-18-26(25-16-22(29)12-15-36(25)34-18)27(37)33-17-19-2-6-23(7-3-19)35-13-10-21(11-14-35)20-4-8-24(9-5-20)38-28(30,31)32/h2-9,12,15-16,21H,10-11,13-14,17H2,1H3,(H,33,37). The Morgan fingerprint density at radius 3 is 2.42 bits per heavy atom. The number of aryl methyl sites for hydroxylation is 1. The van der Waals surface area contributed by atoms with Crippen molar-refractivity contribution in [1.82, 2.24) is 14.9 Å². The van der Waals surface area contributed by atoms with Crippen molar-refractivity contribution >= 4 is 33.0 Å². The van der Waals surface area contributed by atoms with Crippen LogP contribution in [0.25, 0.3) is 5.52 Å². The van der Waals surface area contributed by atoms with Gasteiger partial charge in [-0.15, -0.1) is 13.2 Å². The molecule has 0 unspecified atom stereocenters. The van der Waals surface area contributed by atoms with Gasteiger partial charge in [-0.3, -0.25) is 4.79 Å². The lowest BCUT2D eigenvalue weighted by molar-refractivity contribution is -0.274. The number of fused-ring (bicyclic) bond motifs is 1. The van der Waals surface area contributed by atoms with E-state index in [2.05, 4.69) is 48.1 Å². The molecule has 0 bridgehead atoms. The highest BCUT2D eigenvalue weighted by atomic mass is 79.9. The lowest BCUT2D eigenvalue weighted by Crippen LogP contribution is -2.32. The second-order valence-corrected chi connectivity index (χ2v) is 10.3. The summed E-state index contributed by atoms with van der Waals surface area (Å²) in [6, 6.07) is 18.1. The molecule has 1 saturated heterocycles. The molecule has 1 amide bonds. The molecule has 6 nitrogen and oxygen atoms in total. The van der Waals surface area contributed by atoms with Crippen LogP contribution in [-0.2, 0) is 6.54 Å². The number of carbonyl (C=O) groups is 1. The van der Waals surface area contributed by atoms with E-state index < -0.39 is 6.36 Å². The van der Waals surface area contributed by atoms with Gasteiger partial charge in [0.1, 0.15) is 5.75 Å². The van der Waals surface area contributed by atoms with E-state index in [0.717, 1.165) is 52.7 Å². The predicted octanol–water partition coefficient (Wildman–Crippen LogP) is 6.62. The zero-order valence-corrected chi connectivity index (χ0v) is 22.2. The molecule has 0 aliphatic carbocycles. The van der Waals surface area contributed by atoms with Crippen molar-refractivity contribution in [3.05, 3.63) is 93.7 Å². The first kappa shape index (κ1) is 26.1. The van der Waals surface area contributed by atoms with E-state index in [4.69, 9.17) is 0 Å². The Morgan fingerprint density at radius 1 is 1.08 bits per heavy atom. The summed E-state index contributed by atoms with van der Waals surface area (Å²) in [6.07, 6.45) is -1.05. The smallest absolute Gasteiger partial charge is 0.406 e. The first-order valence-electron chi connectivity index (χ1n) is 12.3. The number of anilines is 1. The van der Waals surface area contributed by atoms with Gasteiger partial charge in [-0.2, -0.15) is 5.10 Å². The van der Waals surface area contributed by atoms with E-state index in [1.807, 2.05) is 37.4 Å². The van der Waals surface area contributed by atoms with Gasteiger partial charge >= 0.3 is 6.36 Å². The van der Waals surface area contributed by atoms with Crippen LogP contribution in [0.3, 0.4) is 0 Å². The number of nitrogens with one attached hydrogen (secondary N) is 1. The third kappa shape index (κ3) is 5.96. The van der Waals surface area contributed by atoms with Crippen molar-refractivity contribution in [1.29, 1.82) is 0 Å². The monoisotopic (exact) mass is 586 g/mol. The van der Waals surface area contributed by atoms with Gasteiger partial charge in [0.15, 0.2) is 0 Å². The van der Waals surface area contributed by atoms with Crippen molar-refractivity contribution < 1.29 is 22.7 Å². The minimum absolute atomic E-state index is 0.167. The Balaban J connectivity index is 1.15. The summed E-state index contributed by atoms with van der Waals surface area (Å²) in [6.45, 7) is 3.93. The number of rotatable bonds is 6. The Morgan fingerprint density at radius 2 is 1.76 bits per heavy atom. The number of halogens is 4. The molecular weight excluding hydrogens is 561 g/mol. The van der Waals surface area contributed by atoms with E-state index in [9.17, 15) is 18.0 Å². The number of aromatic nitrogens is 2. The molecule has 10 heteroatoms. The highest BCUT2D eigenvalue weighted by Gasteiger charge is 2.31. The third-order valence-corrected chi connectivity index (χ3v) is 7.33. The maximum Gasteiger partial charge on any atom is 0.573 e. The van der Waals surface area contributed by atoms with Gasteiger partial charge in [0.25, 0.3) is 5.91 Å². The SMILES string of the molecule is Cc1nn2ccc(Br)cc2c1C(=O)NCc1ccc(N2CCC(c3ccc(OC(F)(F)F)cc3)CC2)cc1. The van der Waals surface area contributed by atoms with Gasteiger partial charge in [0.05, 0.1) is 16.8 Å². The first-order chi connectivity index (χ1) is 18.2. The van der Waals surface area contributed by atoms with Gasteiger partial charge in [-0.25, -0.2) is 4.52 Å². The molecule has 4 aromatic rings. The molecule has 2 aromatic heterocycles. The van der Waals surface area contributed by atoms with Crippen molar-refractivity contribution in [3.8, 4) is 5.75 Å². The van der Waals surface area contributed by atoms with E-state index in [1.165, 1.54) is 12.1 Å².